The maximum atomic E-state index is 9.69. The average Bonchev–Trinajstić information content (AvgIpc) is 2.29. The van der Waals surface area contributed by atoms with Crippen molar-refractivity contribution in [1.29, 1.82) is 0 Å². The normalized spacial score (nSPS) is 39.4. The summed E-state index contributed by atoms with van der Waals surface area (Å²) in [5.74, 6) is 2.85. The fraction of sp³-hybridized carbons (Fsp3) is 1.00. The maximum Gasteiger partial charge on any atom is 0.0543 e. The molecule has 1 heteroatoms. The van der Waals surface area contributed by atoms with Gasteiger partial charge in [0.1, 0.15) is 0 Å². The minimum atomic E-state index is 0.0258. The summed E-state index contributed by atoms with van der Waals surface area (Å²) in [6.07, 6.45) is 13.5. The molecule has 0 aliphatic heterocycles. The van der Waals surface area contributed by atoms with Crippen LogP contribution in [0.5, 0.6) is 0 Å². The van der Waals surface area contributed by atoms with E-state index in [1.807, 2.05) is 0 Å². The topological polar surface area (TPSA) is 20.2 Å². The van der Waals surface area contributed by atoms with Crippen molar-refractivity contribution in [3.8, 4) is 0 Å². The minimum absolute atomic E-state index is 0.0258. The third-order valence-corrected chi connectivity index (χ3v) is 4.91. The van der Waals surface area contributed by atoms with Crippen molar-refractivity contribution >= 4 is 0 Å². The van der Waals surface area contributed by atoms with Gasteiger partial charge in [0.15, 0.2) is 0 Å². The van der Waals surface area contributed by atoms with Crippen LogP contribution in [0.4, 0.5) is 0 Å². The quantitative estimate of drug-likeness (QED) is 0.711. The molecule has 2 rings (SSSR count). The predicted octanol–water partition coefficient (Wildman–Crippen LogP) is 4.14. The molecule has 16 heavy (non-hydrogen) atoms. The summed E-state index contributed by atoms with van der Waals surface area (Å²) in [7, 11) is 0. The molecule has 0 aromatic rings. The van der Waals surface area contributed by atoms with Gasteiger partial charge in [-0.05, 0) is 49.9 Å². The fourth-order valence-corrected chi connectivity index (χ4v) is 3.91. The van der Waals surface area contributed by atoms with Crippen LogP contribution >= 0.6 is 0 Å². The van der Waals surface area contributed by atoms with Gasteiger partial charge in [0, 0.05) is 0 Å². The molecule has 0 amide bonds. The molecule has 0 radical (unpaired) electrons. The van der Waals surface area contributed by atoms with Gasteiger partial charge in [0.05, 0.1) is 6.10 Å². The van der Waals surface area contributed by atoms with Crippen LogP contribution in [0.25, 0.3) is 0 Å². The van der Waals surface area contributed by atoms with E-state index < -0.39 is 0 Å². The van der Waals surface area contributed by atoms with Gasteiger partial charge in [0.2, 0.25) is 0 Å². The monoisotopic (exact) mass is 224 g/mol. The minimum Gasteiger partial charge on any atom is -0.393 e. The molecule has 0 spiro atoms. The van der Waals surface area contributed by atoms with Crippen molar-refractivity contribution in [2.24, 2.45) is 17.8 Å². The molecule has 1 nitrogen and oxygen atoms in total. The Morgan fingerprint density at radius 3 is 2.50 bits per heavy atom. The molecule has 94 valence electrons. The van der Waals surface area contributed by atoms with E-state index in [0.717, 1.165) is 30.6 Å². The van der Waals surface area contributed by atoms with E-state index in [2.05, 4.69) is 6.92 Å². The molecule has 0 unspecified atom stereocenters. The van der Waals surface area contributed by atoms with Gasteiger partial charge in [0.25, 0.3) is 0 Å². The first-order valence-electron chi connectivity index (χ1n) is 7.47. The Hall–Kier alpha value is -0.0400. The lowest BCUT2D eigenvalue weighted by atomic mass is 9.66. The lowest BCUT2D eigenvalue weighted by Crippen LogP contribution is -2.33. The van der Waals surface area contributed by atoms with Gasteiger partial charge in [-0.15, -0.1) is 0 Å². The lowest BCUT2D eigenvalue weighted by molar-refractivity contribution is 0.0337. The number of rotatable bonds is 4. The highest BCUT2D eigenvalue weighted by Crippen LogP contribution is 2.43. The zero-order valence-electron chi connectivity index (χ0n) is 10.8. The summed E-state index contributed by atoms with van der Waals surface area (Å²) < 4.78 is 0. The summed E-state index contributed by atoms with van der Waals surface area (Å²) in [4.78, 5) is 0. The second-order valence-electron chi connectivity index (χ2n) is 6.16. The number of aliphatic hydroxyl groups is 1. The summed E-state index contributed by atoms with van der Waals surface area (Å²) in [5.41, 5.74) is 0. The van der Waals surface area contributed by atoms with Crippen molar-refractivity contribution < 1.29 is 5.11 Å². The van der Waals surface area contributed by atoms with E-state index in [9.17, 15) is 5.11 Å². The molecule has 4 atom stereocenters. The van der Waals surface area contributed by atoms with Gasteiger partial charge < -0.3 is 5.11 Å². The zero-order valence-corrected chi connectivity index (χ0v) is 10.8. The molecule has 2 fully saturated rings. The van der Waals surface area contributed by atoms with E-state index >= 15 is 0 Å². The van der Waals surface area contributed by atoms with Crippen LogP contribution in [0.2, 0.25) is 0 Å². The maximum absolute atomic E-state index is 9.69. The number of aliphatic hydroxyl groups excluding tert-OH is 1. The highest BCUT2D eigenvalue weighted by atomic mass is 16.3. The van der Waals surface area contributed by atoms with Crippen LogP contribution in [0.15, 0.2) is 0 Å². The van der Waals surface area contributed by atoms with Gasteiger partial charge in [-0.1, -0.05) is 39.0 Å². The summed E-state index contributed by atoms with van der Waals surface area (Å²) in [6, 6.07) is 0. The molecular weight excluding hydrogens is 196 g/mol. The van der Waals surface area contributed by atoms with Crippen molar-refractivity contribution in [2.75, 3.05) is 0 Å². The smallest absolute Gasteiger partial charge is 0.0543 e. The molecule has 2 aliphatic carbocycles. The van der Waals surface area contributed by atoms with Crippen molar-refractivity contribution in [3.63, 3.8) is 0 Å². The first-order chi connectivity index (χ1) is 7.79. The number of unbranched alkanes of at least 4 members (excludes halogenated alkanes) is 2. The predicted molar refractivity (Wildman–Crippen MR) is 68.3 cm³/mol. The number of hydrogen-bond donors (Lipinski definition) is 1. The highest BCUT2D eigenvalue weighted by Gasteiger charge is 2.34. The first kappa shape index (κ1) is 12.4. The molecule has 0 bridgehead atoms. The highest BCUT2D eigenvalue weighted by molar-refractivity contribution is 4.85. The van der Waals surface area contributed by atoms with E-state index in [1.54, 1.807) is 0 Å². The fourth-order valence-electron chi connectivity index (χ4n) is 3.91. The van der Waals surface area contributed by atoms with Crippen LogP contribution in [0.1, 0.15) is 71.1 Å². The van der Waals surface area contributed by atoms with Gasteiger partial charge in [-0.25, -0.2) is 0 Å². The van der Waals surface area contributed by atoms with Crippen LogP contribution in [-0.2, 0) is 0 Å². The molecule has 0 saturated heterocycles. The molecule has 0 heterocycles. The Morgan fingerprint density at radius 1 is 0.938 bits per heavy atom. The molecular formula is C15H28O. The van der Waals surface area contributed by atoms with Crippen LogP contribution < -0.4 is 0 Å². The second kappa shape index (κ2) is 6.05. The van der Waals surface area contributed by atoms with Crippen LogP contribution in [0.3, 0.4) is 0 Å². The molecule has 0 aromatic carbocycles. The van der Waals surface area contributed by atoms with Crippen LogP contribution in [0, 0.1) is 17.8 Å². The molecule has 2 aliphatic rings. The Balaban J connectivity index is 1.73. The number of hydrogen-bond acceptors (Lipinski definition) is 1. The Bertz CT molecular complexity index is 202. The second-order valence-corrected chi connectivity index (χ2v) is 6.16. The first-order valence-corrected chi connectivity index (χ1v) is 7.47. The molecule has 2 saturated carbocycles. The van der Waals surface area contributed by atoms with Gasteiger partial charge in [-0.2, -0.15) is 0 Å². The summed E-state index contributed by atoms with van der Waals surface area (Å²) in [6.45, 7) is 2.29. The standard InChI is InChI=1S/C15H28O/c1-2-3-4-5-12-6-7-14-11-15(16)9-8-13(14)10-12/h12-16H,2-11H2,1H3/t12-,13+,14+,15+/m0/s1. The van der Waals surface area contributed by atoms with Gasteiger partial charge >= 0.3 is 0 Å². The summed E-state index contributed by atoms with van der Waals surface area (Å²) >= 11 is 0. The van der Waals surface area contributed by atoms with E-state index in [4.69, 9.17) is 0 Å². The van der Waals surface area contributed by atoms with E-state index in [-0.39, 0.29) is 6.10 Å². The molecule has 0 aromatic heterocycles. The van der Waals surface area contributed by atoms with Gasteiger partial charge in [-0.3, -0.25) is 0 Å². The Morgan fingerprint density at radius 2 is 1.69 bits per heavy atom. The lowest BCUT2D eigenvalue weighted by Gasteiger charge is -2.41. The third-order valence-electron chi connectivity index (χ3n) is 4.91. The average molecular weight is 224 g/mol. The van der Waals surface area contributed by atoms with Crippen molar-refractivity contribution in [2.45, 2.75) is 77.2 Å². The van der Waals surface area contributed by atoms with Crippen LogP contribution in [-0.4, -0.2) is 11.2 Å². The largest absolute Gasteiger partial charge is 0.393 e. The van der Waals surface area contributed by atoms with Crippen molar-refractivity contribution in [1.82, 2.24) is 0 Å². The Labute approximate surface area is 101 Å². The third kappa shape index (κ3) is 3.23. The Kier molecular flexibility index (Phi) is 4.69. The SMILES string of the molecule is CCCCC[C@H]1CC[C@@H]2C[C@H](O)CC[C@@H]2C1. The van der Waals surface area contributed by atoms with E-state index in [0.29, 0.717) is 0 Å². The van der Waals surface area contributed by atoms with Crippen molar-refractivity contribution in [3.05, 3.63) is 0 Å². The zero-order chi connectivity index (χ0) is 11.4. The number of fused-ring (bicyclic) bond motifs is 1. The molecule has 1 N–H and O–H groups in total. The van der Waals surface area contributed by atoms with E-state index in [1.165, 1.54) is 51.4 Å². The summed E-state index contributed by atoms with van der Waals surface area (Å²) in [5, 5.41) is 9.69.